The maximum absolute atomic E-state index is 11.9. The van der Waals surface area contributed by atoms with Crippen molar-refractivity contribution >= 4 is 5.91 Å². The van der Waals surface area contributed by atoms with E-state index in [0.717, 1.165) is 39.0 Å². The maximum atomic E-state index is 11.9. The number of nitrogens with one attached hydrogen (secondary N) is 1. The molecule has 1 fully saturated rings. The van der Waals surface area contributed by atoms with E-state index in [2.05, 4.69) is 10.2 Å². The minimum absolute atomic E-state index is 0.0721. The summed E-state index contributed by atoms with van der Waals surface area (Å²) in [5.41, 5.74) is 0. The molecule has 2 N–H and O–H groups in total. The van der Waals surface area contributed by atoms with E-state index in [-0.39, 0.29) is 18.1 Å². The molecule has 0 aliphatic carbocycles. The first-order chi connectivity index (χ1) is 8.65. The maximum Gasteiger partial charge on any atom is 0.237 e. The Kier molecular flexibility index (Phi) is 7.23. The Morgan fingerprint density at radius 3 is 2.78 bits per heavy atom. The number of rotatable bonds is 7. The molecule has 1 rings (SSSR count). The van der Waals surface area contributed by atoms with Crippen molar-refractivity contribution in [1.29, 1.82) is 0 Å². The van der Waals surface area contributed by atoms with Crippen molar-refractivity contribution in [2.75, 3.05) is 32.8 Å². The lowest BCUT2D eigenvalue weighted by Gasteiger charge is -2.33. The van der Waals surface area contributed by atoms with Crippen LogP contribution < -0.4 is 5.32 Å². The minimum Gasteiger partial charge on any atom is -0.393 e. The van der Waals surface area contributed by atoms with Gasteiger partial charge >= 0.3 is 0 Å². The Morgan fingerprint density at radius 2 is 2.17 bits per heavy atom. The summed E-state index contributed by atoms with van der Waals surface area (Å²) in [5, 5.41) is 12.4. The second-order valence-electron chi connectivity index (χ2n) is 4.78. The number of hydrogen-bond donors (Lipinski definition) is 2. The average Bonchev–Trinajstić information content (AvgIpc) is 2.38. The molecule has 1 aliphatic heterocycles. The van der Waals surface area contributed by atoms with Gasteiger partial charge in [0, 0.05) is 32.8 Å². The van der Waals surface area contributed by atoms with Crippen molar-refractivity contribution in [1.82, 2.24) is 10.2 Å². The third-order valence-corrected chi connectivity index (χ3v) is 3.40. The van der Waals surface area contributed by atoms with E-state index in [0.29, 0.717) is 13.2 Å². The Labute approximate surface area is 109 Å². The zero-order chi connectivity index (χ0) is 13.4. The Morgan fingerprint density at radius 1 is 1.50 bits per heavy atom. The molecule has 0 saturated carbocycles. The van der Waals surface area contributed by atoms with Gasteiger partial charge in [-0.05, 0) is 33.1 Å². The van der Waals surface area contributed by atoms with Crippen molar-refractivity contribution in [2.45, 2.75) is 45.3 Å². The standard InChI is InChI=1S/C13H26N2O3/c1-3-18-10-4-7-14-13(17)11(2)15-8-5-12(16)6-9-15/h11-12,16H,3-10H2,1-2H3,(H,14,17). The van der Waals surface area contributed by atoms with Crippen LogP contribution in [0.2, 0.25) is 0 Å². The van der Waals surface area contributed by atoms with Crippen LogP contribution in [-0.4, -0.2) is 60.9 Å². The molecule has 0 aromatic carbocycles. The number of carbonyl (C=O) groups excluding carboxylic acids is 1. The number of piperidine rings is 1. The number of ether oxygens (including phenoxy) is 1. The molecule has 0 spiro atoms. The molecular formula is C13H26N2O3. The molecule has 1 heterocycles. The number of amides is 1. The Hall–Kier alpha value is -0.650. The van der Waals surface area contributed by atoms with Gasteiger partial charge in [0.25, 0.3) is 0 Å². The SMILES string of the molecule is CCOCCCNC(=O)C(C)N1CCC(O)CC1. The molecule has 0 aromatic rings. The Bertz CT molecular complexity index is 240. The first-order valence-electron chi connectivity index (χ1n) is 6.92. The van der Waals surface area contributed by atoms with Crippen molar-refractivity contribution in [3.63, 3.8) is 0 Å². The Balaban J connectivity index is 2.16. The van der Waals surface area contributed by atoms with Crippen LogP contribution in [0.5, 0.6) is 0 Å². The highest BCUT2D eigenvalue weighted by atomic mass is 16.5. The average molecular weight is 258 g/mol. The van der Waals surface area contributed by atoms with Gasteiger partial charge in [0.1, 0.15) is 0 Å². The van der Waals surface area contributed by atoms with Crippen LogP contribution in [0.3, 0.4) is 0 Å². The summed E-state index contributed by atoms with van der Waals surface area (Å²) in [6.45, 7) is 7.57. The van der Waals surface area contributed by atoms with Gasteiger partial charge in [-0.2, -0.15) is 0 Å². The minimum atomic E-state index is -0.192. The highest BCUT2D eigenvalue weighted by Crippen LogP contribution is 2.12. The molecule has 1 amide bonds. The van der Waals surface area contributed by atoms with Gasteiger partial charge in [0.15, 0.2) is 0 Å². The van der Waals surface area contributed by atoms with Crippen LogP contribution in [0.1, 0.15) is 33.1 Å². The van der Waals surface area contributed by atoms with Crippen LogP contribution in [0, 0.1) is 0 Å². The summed E-state index contributed by atoms with van der Waals surface area (Å²) in [5.74, 6) is 0.0721. The number of aliphatic hydroxyl groups excluding tert-OH is 1. The summed E-state index contributed by atoms with van der Waals surface area (Å²) < 4.78 is 5.21. The molecule has 1 unspecified atom stereocenters. The van der Waals surface area contributed by atoms with Crippen molar-refractivity contribution in [2.24, 2.45) is 0 Å². The van der Waals surface area contributed by atoms with Gasteiger partial charge in [-0.15, -0.1) is 0 Å². The van der Waals surface area contributed by atoms with Gasteiger partial charge in [-0.25, -0.2) is 0 Å². The smallest absolute Gasteiger partial charge is 0.237 e. The fourth-order valence-electron chi connectivity index (χ4n) is 2.12. The quantitative estimate of drug-likeness (QED) is 0.648. The van der Waals surface area contributed by atoms with Gasteiger partial charge < -0.3 is 15.2 Å². The predicted molar refractivity (Wildman–Crippen MR) is 70.4 cm³/mol. The lowest BCUT2D eigenvalue weighted by Crippen LogP contribution is -2.49. The fourth-order valence-corrected chi connectivity index (χ4v) is 2.12. The monoisotopic (exact) mass is 258 g/mol. The van der Waals surface area contributed by atoms with Gasteiger partial charge in [-0.3, -0.25) is 9.69 Å². The predicted octanol–water partition coefficient (Wildman–Crippen LogP) is 0.374. The fraction of sp³-hybridized carbons (Fsp3) is 0.923. The highest BCUT2D eigenvalue weighted by Gasteiger charge is 2.25. The molecule has 5 heteroatoms. The zero-order valence-electron chi connectivity index (χ0n) is 11.5. The molecule has 0 aromatic heterocycles. The molecule has 5 nitrogen and oxygen atoms in total. The summed E-state index contributed by atoms with van der Waals surface area (Å²) in [6, 6.07) is -0.107. The molecule has 1 saturated heterocycles. The van der Waals surface area contributed by atoms with Crippen LogP contribution in [-0.2, 0) is 9.53 Å². The first kappa shape index (κ1) is 15.4. The second-order valence-corrected chi connectivity index (χ2v) is 4.78. The van der Waals surface area contributed by atoms with Gasteiger partial charge in [-0.1, -0.05) is 0 Å². The van der Waals surface area contributed by atoms with E-state index in [9.17, 15) is 9.90 Å². The van der Waals surface area contributed by atoms with Crippen molar-refractivity contribution in [3.8, 4) is 0 Å². The lowest BCUT2D eigenvalue weighted by molar-refractivity contribution is -0.126. The number of hydrogen-bond acceptors (Lipinski definition) is 4. The normalized spacial score (nSPS) is 19.7. The van der Waals surface area contributed by atoms with Gasteiger partial charge in [0.05, 0.1) is 12.1 Å². The zero-order valence-corrected chi connectivity index (χ0v) is 11.5. The number of aliphatic hydroxyl groups is 1. The molecule has 1 aliphatic rings. The molecule has 18 heavy (non-hydrogen) atoms. The van der Waals surface area contributed by atoms with Crippen molar-refractivity contribution < 1.29 is 14.6 Å². The number of carbonyl (C=O) groups is 1. The van der Waals surface area contributed by atoms with Crippen LogP contribution >= 0.6 is 0 Å². The van der Waals surface area contributed by atoms with E-state index in [1.807, 2.05) is 13.8 Å². The van der Waals surface area contributed by atoms with E-state index in [1.54, 1.807) is 0 Å². The third-order valence-electron chi connectivity index (χ3n) is 3.40. The van der Waals surface area contributed by atoms with Crippen LogP contribution in [0.15, 0.2) is 0 Å². The number of likely N-dealkylation sites (tertiary alicyclic amines) is 1. The van der Waals surface area contributed by atoms with E-state index < -0.39 is 0 Å². The lowest BCUT2D eigenvalue weighted by atomic mass is 10.1. The topological polar surface area (TPSA) is 61.8 Å². The molecule has 0 radical (unpaired) electrons. The molecule has 0 bridgehead atoms. The molecule has 1 atom stereocenters. The van der Waals surface area contributed by atoms with Crippen LogP contribution in [0.4, 0.5) is 0 Å². The van der Waals surface area contributed by atoms with Crippen LogP contribution in [0.25, 0.3) is 0 Å². The summed E-state index contributed by atoms with van der Waals surface area (Å²) in [4.78, 5) is 14.0. The van der Waals surface area contributed by atoms with E-state index >= 15 is 0 Å². The largest absolute Gasteiger partial charge is 0.393 e. The summed E-state index contributed by atoms with van der Waals surface area (Å²) >= 11 is 0. The third kappa shape index (κ3) is 5.33. The highest BCUT2D eigenvalue weighted by molar-refractivity contribution is 5.81. The second kappa shape index (κ2) is 8.45. The molecule has 106 valence electrons. The van der Waals surface area contributed by atoms with Gasteiger partial charge in [0.2, 0.25) is 5.91 Å². The summed E-state index contributed by atoms with van der Waals surface area (Å²) in [7, 11) is 0. The summed E-state index contributed by atoms with van der Waals surface area (Å²) in [6.07, 6.45) is 2.19. The van der Waals surface area contributed by atoms with E-state index in [1.165, 1.54) is 0 Å². The first-order valence-corrected chi connectivity index (χ1v) is 6.92. The number of nitrogens with zero attached hydrogens (tertiary/aromatic N) is 1. The van der Waals surface area contributed by atoms with E-state index in [4.69, 9.17) is 4.74 Å². The molecular weight excluding hydrogens is 232 g/mol. The van der Waals surface area contributed by atoms with Crippen molar-refractivity contribution in [3.05, 3.63) is 0 Å².